The maximum atomic E-state index is 13.7. The zero-order valence-electron chi connectivity index (χ0n) is 11.9. The molecule has 0 heterocycles. The number of anilines is 1. The Balaban J connectivity index is 2.21. The molecule has 0 aromatic heterocycles. The summed E-state index contributed by atoms with van der Waals surface area (Å²) in [6.45, 7) is 3.29. The first kappa shape index (κ1) is 14.8. The number of nitrogens with zero attached hydrogens (tertiary/aromatic N) is 1. The van der Waals surface area contributed by atoms with E-state index < -0.39 is 11.6 Å². The number of hydrogen-bond donors (Lipinski definition) is 1. The summed E-state index contributed by atoms with van der Waals surface area (Å²) >= 11 is 0. The van der Waals surface area contributed by atoms with Gasteiger partial charge in [-0.25, -0.2) is 8.78 Å². The lowest BCUT2D eigenvalue weighted by Gasteiger charge is -2.22. The van der Waals surface area contributed by atoms with Crippen molar-refractivity contribution in [3.05, 3.63) is 29.3 Å². The van der Waals surface area contributed by atoms with Gasteiger partial charge in [0.15, 0.2) is 0 Å². The van der Waals surface area contributed by atoms with Gasteiger partial charge in [0, 0.05) is 25.7 Å². The third-order valence-corrected chi connectivity index (χ3v) is 3.50. The Morgan fingerprint density at radius 2 is 1.95 bits per heavy atom. The first-order valence-corrected chi connectivity index (χ1v) is 7.02. The number of hydrogen-bond acceptors (Lipinski definition) is 2. The Kier molecular flexibility index (Phi) is 4.57. The average Bonchev–Trinajstić information content (AvgIpc) is 3.21. The molecule has 1 N–H and O–H groups in total. The molecule has 2 rings (SSSR count). The van der Waals surface area contributed by atoms with Crippen LogP contribution in [0.3, 0.4) is 0 Å². The maximum Gasteiger partial charge on any atom is 0.254 e. The van der Waals surface area contributed by atoms with Crippen LogP contribution in [0.1, 0.15) is 36.5 Å². The Morgan fingerprint density at radius 1 is 1.35 bits per heavy atom. The smallest absolute Gasteiger partial charge is 0.254 e. The molecule has 0 aliphatic heterocycles. The van der Waals surface area contributed by atoms with Crippen molar-refractivity contribution in [2.45, 2.75) is 26.2 Å². The molecule has 1 amide bonds. The highest BCUT2D eigenvalue weighted by Crippen LogP contribution is 2.30. The Morgan fingerprint density at radius 3 is 2.40 bits per heavy atom. The van der Waals surface area contributed by atoms with Gasteiger partial charge in [-0.15, -0.1) is 0 Å². The predicted octanol–water partition coefficient (Wildman–Crippen LogP) is 3.27. The molecule has 0 atom stereocenters. The van der Waals surface area contributed by atoms with Gasteiger partial charge in [0.25, 0.3) is 5.91 Å². The highest BCUT2D eigenvalue weighted by molar-refractivity contribution is 5.94. The van der Waals surface area contributed by atoms with Crippen LogP contribution < -0.4 is 5.32 Å². The molecule has 110 valence electrons. The van der Waals surface area contributed by atoms with Crippen LogP contribution in [0.15, 0.2) is 12.1 Å². The lowest BCUT2D eigenvalue weighted by molar-refractivity contribution is 0.0746. The molecule has 0 saturated heterocycles. The fourth-order valence-corrected chi connectivity index (χ4v) is 2.28. The lowest BCUT2D eigenvalue weighted by atomic mass is 10.1. The fraction of sp³-hybridized carbons (Fsp3) is 0.533. The van der Waals surface area contributed by atoms with Gasteiger partial charge in [-0.2, -0.15) is 0 Å². The number of halogens is 2. The van der Waals surface area contributed by atoms with E-state index in [1.807, 2.05) is 6.92 Å². The molecule has 1 fully saturated rings. The molecule has 1 aromatic rings. The van der Waals surface area contributed by atoms with Gasteiger partial charge in [-0.1, -0.05) is 6.92 Å². The van der Waals surface area contributed by atoms with Gasteiger partial charge in [0.1, 0.15) is 17.3 Å². The van der Waals surface area contributed by atoms with E-state index in [-0.39, 0.29) is 17.2 Å². The molecule has 0 spiro atoms. The summed E-state index contributed by atoms with van der Waals surface area (Å²) in [7, 11) is 1.44. The van der Waals surface area contributed by atoms with E-state index in [0.29, 0.717) is 19.0 Å². The maximum absolute atomic E-state index is 13.7. The van der Waals surface area contributed by atoms with Crippen LogP contribution in [0.25, 0.3) is 0 Å². The molecule has 1 aliphatic carbocycles. The highest BCUT2D eigenvalue weighted by Gasteiger charge is 2.27. The Bertz CT molecular complexity index is 478. The van der Waals surface area contributed by atoms with Crippen molar-refractivity contribution >= 4 is 11.6 Å². The van der Waals surface area contributed by atoms with Gasteiger partial charge in [-0.3, -0.25) is 4.79 Å². The second-order valence-corrected chi connectivity index (χ2v) is 5.26. The molecular weight excluding hydrogens is 262 g/mol. The highest BCUT2D eigenvalue weighted by atomic mass is 19.1. The molecule has 1 aliphatic rings. The molecule has 5 heteroatoms. The summed E-state index contributed by atoms with van der Waals surface area (Å²) in [5.41, 5.74) is -0.126. The predicted molar refractivity (Wildman–Crippen MR) is 74.8 cm³/mol. The normalized spacial score (nSPS) is 14.2. The molecule has 1 saturated carbocycles. The number of amides is 1. The van der Waals surface area contributed by atoms with Crippen molar-refractivity contribution in [3.63, 3.8) is 0 Å². The summed E-state index contributed by atoms with van der Waals surface area (Å²) < 4.78 is 27.4. The molecule has 1 aromatic carbocycles. The van der Waals surface area contributed by atoms with Gasteiger partial charge in [-0.05, 0) is 37.3 Å². The third-order valence-electron chi connectivity index (χ3n) is 3.50. The SMILES string of the molecule is CCCN(CC1CC1)C(=O)c1cc(F)c(NC)c(F)c1. The monoisotopic (exact) mass is 282 g/mol. The molecular formula is C15H20F2N2O. The Labute approximate surface area is 118 Å². The van der Waals surface area contributed by atoms with Crippen molar-refractivity contribution in [2.24, 2.45) is 5.92 Å². The number of rotatable bonds is 6. The van der Waals surface area contributed by atoms with Gasteiger partial charge >= 0.3 is 0 Å². The third kappa shape index (κ3) is 3.26. The van der Waals surface area contributed by atoms with Crippen molar-refractivity contribution in [2.75, 3.05) is 25.5 Å². The zero-order chi connectivity index (χ0) is 14.7. The van der Waals surface area contributed by atoms with Crippen LogP contribution in [0.5, 0.6) is 0 Å². The molecule has 0 unspecified atom stereocenters. The molecule has 20 heavy (non-hydrogen) atoms. The topological polar surface area (TPSA) is 32.3 Å². The van der Waals surface area contributed by atoms with E-state index in [2.05, 4.69) is 5.32 Å². The van der Waals surface area contributed by atoms with Crippen molar-refractivity contribution < 1.29 is 13.6 Å². The van der Waals surface area contributed by atoms with E-state index in [1.54, 1.807) is 4.90 Å². The average molecular weight is 282 g/mol. The number of carbonyl (C=O) groups excluding carboxylic acids is 1. The minimum absolute atomic E-state index is 0.0769. The second-order valence-electron chi connectivity index (χ2n) is 5.26. The van der Waals surface area contributed by atoms with Gasteiger partial charge < -0.3 is 10.2 Å². The number of benzene rings is 1. The Hall–Kier alpha value is -1.65. The molecule has 0 radical (unpaired) electrons. The van der Waals surface area contributed by atoms with E-state index in [4.69, 9.17) is 0 Å². The van der Waals surface area contributed by atoms with E-state index in [9.17, 15) is 13.6 Å². The first-order chi connectivity index (χ1) is 9.56. The molecule has 0 bridgehead atoms. The summed E-state index contributed by atoms with van der Waals surface area (Å²) in [5, 5.41) is 2.45. The quantitative estimate of drug-likeness (QED) is 0.868. The lowest BCUT2D eigenvalue weighted by Crippen LogP contribution is -2.33. The second kappa shape index (κ2) is 6.20. The minimum Gasteiger partial charge on any atom is -0.383 e. The first-order valence-electron chi connectivity index (χ1n) is 7.02. The molecule has 3 nitrogen and oxygen atoms in total. The fourth-order valence-electron chi connectivity index (χ4n) is 2.28. The van der Waals surface area contributed by atoms with Crippen molar-refractivity contribution in [1.82, 2.24) is 4.90 Å². The van der Waals surface area contributed by atoms with Crippen LogP contribution in [0.2, 0.25) is 0 Å². The zero-order valence-corrected chi connectivity index (χ0v) is 11.9. The van der Waals surface area contributed by atoms with Crippen LogP contribution in [0.4, 0.5) is 14.5 Å². The van der Waals surface area contributed by atoms with E-state index in [0.717, 1.165) is 31.4 Å². The van der Waals surface area contributed by atoms with Crippen LogP contribution in [-0.4, -0.2) is 30.9 Å². The van der Waals surface area contributed by atoms with Gasteiger partial charge in [0.05, 0.1) is 0 Å². The van der Waals surface area contributed by atoms with Crippen LogP contribution in [0, 0.1) is 17.6 Å². The summed E-state index contributed by atoms with van der Waals surface area (Å²) in [6, 6.07) is 2.21. The van der Waals surface area contributed by atoms with E-state index >= 15 is 0 Å². The standard InChI is InChI=1S/C15H20F2N2O/c1-3-6-19(9-10-4-5-10)15(20)11-7-12(16)14(18-2)13(17)8-11/h7-8,10,18H,3-6,9H2,1-2H3. The minimum atomic E-state index is -0.737. The number of carbonyl (C=O) groups is 1. The summed E-state index contributed by atoms with van der Waals surface area (Å²) in [6.07, 6.45) is 3.10. The van der Waals surface area contributed by atoms with Gasteiger partial charge in [0.2, 0.25) is 0 Å². The van der Waals surface area contributed by atoms with Crippen LogP contribution >= 0.6 is 0 Å². The summed E-state index contributed by atoms with van der Waals surface area (Å²) in [5.74, 6) is -1.21. The van der Waals surface area contributed by atoms with Crippen molar-refractivity contribution in [3.8, 4) is 0 Å². The van der Waals surface area contributed by atoms with Crippen molar-refractivity contribution in [1.29, 1.82) is 0 Å². The number of nitrogens with one attached hydrogen (secondary N) is 1. The van der Waals surface area contributed by atoms with E-state index in [1.165, 1.54) is 7.05 Å². The largest absolute Gasteiger partial charge is 0.383 e. The summed E-state index contributed by atoms with van der Waals surface area (Å²) in [4.78, 5) is 14.1. The van der Waals surface area contributed by atoms with Crippen LogP contribution in [-0.2, 0) is 0 Å².